The molecule has 7 aliphatic rings. The molecule has 0 nitrogen and oxygen atoms in total. The third-order valence-electron chi connectivity index (χ3n) is 14.6. The first-order valence-electron chi connectivity index (χ1n) is 19.8. The molecule has 0 heterocycles. The molecule has 4 saturated carbocycles. The van der Waals surface area contributed by atoms with Crippen molar-refractivity contribution in [3.63, 3.8) is 0 Å². The van der Waals surface area contributed by atoms with E-state index in [4.69, 9.17) is 0 Å². The highest BCUT2D eigenvalue weighted by Gasteiger charge is 2.42. The number of hydrogen-bond donors (Lipinski definition) is 0. The summed E-state index contributed by atoms with van der Waals surface area (Å²) < 4.78 is 0. The minimum absolute atomic E-state index is 0. The van der Waals surface area contributed by atoms with E-state index in [1.165, 1.54) is 64.2 Å². The first kappa shape index (κ1) is 49.3. The summed E-state index contributed by atoms with van der Waals surface area (Å²) in [5.41, 5.74) is 1.58. The van der Waals surface area contributed by atoms with Crippen molar-refractivity contribution in [2.45, 2.75) is 183 Å². The van der Waals surface area contributed by atoms with Crippen LogP contribution < -0.4 is 0 Å². The lowest BCUT2D eigenvalue weighted by atomic mass is 9.77. The van der Waals surface area contributed by atoms with Crippen molar-refractivity contribution in [3.05, 3.63) is 36.0 Å². The Morgan fingerprint density at radius 2 is 0.896 bits per heavy atom. The SMILES string of the molecule is C.C.C.C.CC1=CCC(C)C(C)C1.CC1C2C=CC(C2)C1C.CC1C2CCC(C2)C1C.CC1CC=CCC1C.CC1CCC(C)C(C)C1. The van der Waals surface area contributed by atoms with Gasteiger partial charge in [0.1, 0.15) is 0 Å². The molecule has 15 unspecified atom stereocenters. The second-order valence-electron chi connectivity index (χ2n) is 17.9. The van der Waals surface area contributed by atoms with Gasteiger partial charge in [0.15, 0.2) is 0 Å². The molecule has 7 aliphatic carbocycles. The van der Waals surface area contributed by atoms with Gasteiger partial charge in [-0.1, -0.05) is 155 Å². The van der Waals surface area contributed by atoms with Gasteiger partial charge >= 0.3 is 0 Å². The van der Waals surface area contributed by atoms with Crippen molar-refractivity contribution >= 4 is 0 Å². The zero-order valence-electron chi connectivity index (χ0n) is 31.8. The van der Waals surface area contributed by atoms with E-state index in [1.807, 2.05) is 0 Å². The minimum atomic E-state index is 0. The Hall–Kier alpha value is -0.780. The third-order valence-corrected chi connectivity index (χ3v) is 14.6. The summed E-state index contributed by atoms with van der Waals surface area (Å²) in [4.78, 5) is 0. The van der Waals surface area contributed by atoms with Crippen LogP contribution in [0.25, 0.3) is 0 Å². The lowest BCUT2D eigenvalue weighted by Crippen LogP contribution is -2.18. The van der Waals surface area contributed by atoms with Gasteiger partial charge in [0, 0.05) is 0 Å². The van der Waals surface area contributed by atoms with Crippen LogP contribution in [-0.2, 0) is 0 Å². The monoisotopic (exact) mass is 671 g/mol. The molecule has 0 radical (unpaired) electrons. The van der Waals surface area contributed by atoms with Crippen molar-refractivity contribution < 1.29 is 0 Å². The predicted molar refractivity (Wildman–Crippen MR) is 225 cm³/mol. The topological polar surface area (TPSA) is 0 Å². The fraction of sp³-hybridized carbons (Fsp3) is 0.875. The molecular formula is C48H94. The largest absolute Gasteiger partial charge is 0.0883 e. The second kappa shape index (κ2) is 23.6. The highest BCUT2D eigenvalue weighted by Crippen LogP contribution is 2.51. The van der Waals surface area contributed by atoms with Crippen LogP contribution in [-0.4, -0.2) is 0 Å². The summed E-state index contributed by atoms with van der Waals surface area (Å²) in [6.45, 7) is 28.4. The normalized spacial score (nSPS) is 42.4. The number of hydrogen-bond acceptors (Lipinski definition) is 0. The molecule has 0 aromatic rings. The van der Waals surface area contributed by atoms with E-state index in [-0.39, 0.29) is 29.7 Å². The molecule has 0 spiro atoms. The zero-order chi connectivity index (χ0) is 32.6. The third kappa shape index (κ3) is 14.5. The van der Waals surface area contributed by atoms with Crippen LogP contribution in [0.2, 0.25) is 0 Å². The highest BCUT2D eigenvalue weighted by atomic mass is 14.5. The summed E-state index contributed by atoms with van der Waals surface area (Å²) in [7, 11) is 0. The van der Waals surface area contributed by atoms with Crippen LogP contribution in [0.15, 0.2) is 36.0 Å². The molecule has 0 saturated heterocycles. The van der Waals surface area contributed by atoms with Gasteiger partial charge in [-0.05, 0) is 153 Å². The first-order valence-corrected chi connectivity index (χ1v) is 19.8. The molecule has 0 amide bonds. The molecule has 0 aromatic heterocycles. The number of rotatable bonds is 0. The molecule has 7 rings (SSSR count). The molecule has 4 fully saturated rings. The summed E-state index contributed by atoms with van der Waals surface area (Å²) in [5, 5.41) is 0. The van der Waals surface area contributed by atoms with Gasteiger partial charge in [0.2, 0.25) is 0 Å². The maximum absolute atomic E-state index is 2.44. The molecule has 0 heteroatoms. The second-order valence-corrected chi connectivity index (χ2v) is 17.9. The lowest BCUT2D eigenvalue weighted by Gasteiger charge is -2.29. The predicted octanol–water partition coefficient (Wildman–Crippen LogP) is 16.4. The Labute approximate surface area is 307 Å². The Bertz CT molecular complexity index is 859. The minimum Gasteiger partial charge on any atom is -0.0883 e. The van der Waals surface area contributed by atoms with E-state index in [9.17, 15) is 0 Å². The Balaban J connectivity index is 0. The summed E-state index contributed by atoms with van der Waals surface area (Å²) in [5.74, 6) is 14.7. The van der Waals surface area contributed by atoms with Crippen molar-refractivity contribution in [3.8, 4) is 0 Å². The number of fused-ring (bicyclic) bond motifs is 4. The van der Waals surface area contributed by atoms with Crippen LogP contribution in [0.3, 0.4) is 0 Å². The van der Waals surface area contributed by atoms with Gasteiger partial charge in [-0.15, -0.1) is 0 Å². The van der Waals surface area contributed by atoms with Gasteiger partial charge in [-0.2, -0.15) is 0 Å². The van der Waals surface area contributed by atoms with E-state index >= 15 is 0 Å². The molecule has 48 heavy (non-hydrogen) atoms. The molecule has 0 aliphatic heterocycles. The molecular weight excluding hydrogens is 577 g/mol. The van der Waals surface area contributed by atoms with Gasteiger partial charge < -0.3 is 0 Å². The van der Waals surface area contributed by atoms with Crippen molar-refractivity contribution in [1.82, 2.24) is 0 Å². The van der Waals surface area contributed by atoms with Gasteiger partial charge in [-0.3, -0.25) is 0 Å². The Kier molecular flexibility index (Phi) is 24.3. The summed E-state index contributed by atoms with van der Waals surface area (Å²) in [6.07, 6.45) is 27.5. The maximum Gasteiger partial charge on any atom is -0.0199 e. The van der Waals surface area contributed by atoms with E-state index in [0.29, 0.717) is 0 Å². The first-order chi connectivity index (χ1) is 20.8. The Morgan fingerprint density at radius 3 is 1.19 bits per heavy atom. The lowest BCUT2D eigenvalue weighted by molar-refractivity contribution is 0.220. The highest BCUT2D eigenvalue weighted by molar-refractivity contribution is 5.11. The molecule has 0 aromatic carbocycles. The van der Waals surface area contributed by atoms with E-state index in [1.54, 1.807) is 12.0 Å². The van der Waals surface area contributed by atoms with E-state index in [0.717, 1.165) is 88.8 Å². The average Bonchev–Trinajstić information content (AvgIpc) is 3.78. The molecule has 286 valence electrons. The van der Waals surface area contributed by atoms with Crippen LogP contribution in [0.4, 0.5) is 0 Å². The average molecular weight is 671 g/mol. The zero-order valence-corrected chi connectivity index (χ0v) is 31.8. The smallest absolute Gasteiger partial charge is 0.0199 e. The van der Waals surface area contributed by atoms with Crippen LogP contribution in [0.1, 0.15) is 183 Å². The van der Waals surface area contributed by atoms with Crippen molar-refractivity contribution in [1.29, 1.82) is 0 Å². The van der Waals surface area contributed by atoms with Gasteiger partial charge in [-0.25, -0.2) is 0 Å². The number of allylic oxidation sites excluding steroid dienone is 6. The fourth-order valence-corrected chi connectivity index (χ4v) is 9.50. The molecule has 15 atom stereocenters. The van der Waals surface area contributed by atoms with Crippen LogP contribution in [0.5, 0.6) is 0 Å². The van der Waals surface area contributed by atoms with Crippen molar-refractivity contribution in [2.24, 2.45) is 88.8 Å². The standard InChI is InChI=1S/C9H16.C9H14.C9H18.C9H16.C8H14.4CH4/c2*1-6-7(2)9-4-3-8(6)5-9;2*1-7-4-5-8(2)9(3)6-7;1-7-5-3-4-6-8(7)2;;;;/h6-9H,3-5H2,1-2H3;3-4,6-9H,5H2,1-2H3;7-9H,4-6H2,1-3H3;4,8-9H,5-6H2,1-3H3;3-4,7-8H,5-6H2,1-2H3;4*1H4. The van der Waals surface area contributed by atoms with Crippen LogP contribution >= 0.6 is 0 Å². The van der Waals surface area contributed by atoms with Crippen molar-refractivity contribution in [2.75, 3.05) is 0 Å². The molecule has 0 N–H and O–H groups in total. The van der Waals surface area contributed by atoms with Gasteiger partial charge in [0.25, 0.3) is 0 Å². The Morgan fingerprint density at radius 1 is 0.438 bits per heavy atom. The van der Waals surface area contributed by atoms with E-state index < -0.39 is 0 Å². The quantitative estimate of drug-likeness (QED) is 0.225. The van der Waals surface area contributed by atoms with Crippen LogP contribution in [0, 0.1) is 88.8 Å². The molecule has 4 bridgehead atoms. The van der Waals surface area contributed by atoms with E-state index in [2.05, 4.69) is 113 Å². The summed E-state index contributed by atoms with van der Waals surface area (Å²) >= 11 is 0. The maximum atomic E-state index is 2.44. The fourth-order valence-electron chi connectivity index (χ4n) is 9.50. The van der Waals surface area contributed by atoms with Gasteiger partial charge in [0.05, 0.1) is 0 Å². The summed E-state index contributed by atoms with van der Waals surface area (Å²) in [6, 6.07) is 0.